The van der Waals surface area contributed by atoms with Crippen LogP contribution in [0.25, 0.3) is 10.8 Å². The van der Waals surface area contributed by atoms with Crippen LogP contribution in [-0.4, -0.2) is 0 Å². The summed E-state index contributed by atoms with van der Waals surface area (Å²) >= 11 is 3.39. The van der Waals surface area contributed by atoms with Crippen molar-refractivity contribution in [2.45, 2.75) is 0 Å². The van der Waals surface area contributed by atoms with E-state index in [9.17, 15) is 0 Å². The first-order valence-corrected chi connectivity index (χ1v) is 4.50. The summed E-state index contributed by atoms with van der Waals surface area (Å²) in [6, 6.07) is 12.2. The van der Waals surface area contributed by atoms with Crippen LogP contribution in [-0.2, 0) is 0 Å². The highest BCUT2D eigenvalue weighted by atomic mass is 79.9. The summed E-state index contributed by atoms with van der Waals surface area (Å²) in [5, 5.41) is 2.39. The van der Waals surface area contributed by atoms with Gasteiger partial charge in [0.25, 0.3) is 0 Å². The van der Waals surface area contributed by atoms with Gasteiger partial charge in [-0.1, -0.05) is 24.3 Å². The summed E-state index contributed by atoms with van der Waals surface area (Å²) in [6.45, 7) is 0. The van der Waals surface area contributed by atoms with E-state index in [0.717, 1.165) is 10.2 Å². The molecule has 2 N–H and O–H groups in total. The lowest BCUT2D eigenvalue weighted by atomic mass is 10.1. The third kappa shape index (κ3) is 1.18. The molecule has 2 aromatic rings. The van der Waals surface area contributed by atoms with E-state index in [1.54, 1.807) is 0 Å². The topological polar surface area (TPSA) is 26.0 Å². The molecule has 0 aliphatic carbocycles. The summed E-state index contributed by atoms with van der Waals surface area (Å²) in [5.41, 5.74) is 6.52. The first-order chi connectivity index (χ1) is 5.77. The molecule has 0 radical (unpaired) electrons. The first-order valence-electron chi connectivity index (χ1n) is 3.71. The van der Waals surface area contributed by atoms with E-state index in [1.165, 1.54) is 10.8 Å². The van der Waals surface area contributed by atoms with Crippen molar-refractivity contribution in [3.8, 4) is 0 Å². The SMILES string of the molecule is Nc1cc2ccccc2cc1Br. The van der Waals surface area contributed by atoms with Gasteiger partial charge < -0.3 is 5.73 Å². The molecule has 1 nitrogen and oxygen atoms in total. The standard InChI is InChI=1S/C10H8BrN/c11-9-5-7-3-1-2-4-8(7)6-10(9)12/h1-6H,12H2. The fourth-order valence-corrected chi connectivity index (χ4v) is 1.59. The molecule has 0 saturated heterocycles. The minimum Gasteiger partial charge on any atom is -0.398 e. The first kappa shape index (κ1) is 7.62. The summed E-state index contributed by atoms with van der Waals surface area (Å²) in [5.74, 6) is 0. The van der Waals surface area contributed by atoms with Gasteiger partial charge in [-0.05, 0) is 38.8 Å². The maximum Gasteiger partial charge on any atom is 0.0464 e. The predicted molar refractivity (Wildman–Crippen MR) is 56.1 cm³/mol. The summed E-state index contributed by atoms with van der Waals surface area (Å²) in [6.07, 6.45) is 0. The normalized spacial score (nSPS) is 10.4. The second-order valence-corrected chi connectivity index (χ2v) is 3.58. The lowest BCUT2D eigenvalue weighted by Crippen LogP contribution is -1.85. The van der Waals surface area contributed by atoms with Gasteiger partial charge in [0, 0.05) is 10.2 Å². The molecule has 12 heavy (non-hydrogen) atoms. The lowest BCUT2D eigenvalue weighted by Gasteiger charge is -2.01. The van der Waals surface area contributed by atoms with Gasteiger partial charge in [-0.25, -0.2) is 0 Å². The molecule has 2 rings (SSSR count). The molecule has 2 aromatic carbocycles. The zero-order valence-electron chi connectivity index (χ0n) is 6.42. The molecular formula is C10H8BrN. The zero-order valence-corrected chi connectivity index (χ0v) is 8.01. The average Bonchev–Trinajstić information content (AvgIpc) is 2.07. The van der Waals surface area contributed by atoms with Gasteiger partial charge in [-0.15, -0.1) is 0 Å². The fourth-order valence-electron chi connectivity index (χ4n) is 1.23. The number of fused-ring (bicyclic) bond motifs is 1. The Morgan fingerprint density at radius 3 is 2.25 bits per heavy atom. The molecule has 0 bridgehead atoms. The lowest BCUT2D eigenvalue weighted by molar-refractivity contribution is 1.68. The molecule has 0 aliphatic heterocycles. The van der Waals surface area contributed by atoms with Crippen molar-refractivity contribution in [1.29, 1.82) is 0 Å². The molecule has 0 fully saturated rings. The number of hydrogen-bond donors (Lipinski definition) is 1. The fraction of sp³-hybridized carbons (Fsp3) is 0. The number of nitrogens with two attached hydrogens (primary N) is 1. The van der Waals surface area contributed by atoms with E-state index in [-0.39, 0.29) is 0 Å². The van der Waals surface area contributed by atoms with Crippen LogP contribution < -0.4 is 5.73 Å². The van der Waals surface area contributed by atoms with Crippen molar-refractivity contribution < 1.29 is 0 Å². The predicted octanol–water partition coefficient (Wildman–Crippen LogP) is 3.18. The molecule has 0 spiro atoms. The minimum atomic E-state index is 0.786. The Bertz CT molecular complexity index is 383. The molecule has 0 heterocycles. The van der Waals surface area contributed by atoms with Gasteiger partial charge in [0.15, 0.2) is 0 Å². The van der Waals surface area contributed by atoms with Crippen LogP contribution in [0.4, 0.5) is 5.69 Å². The van der Waals surface area contributed by atoms with Gasteiger partial charge in [-0.3, -0.25) is 0 Å². The average molecular weight is 222 g/mol. The van der Waals surface area contributed by atoms with E-state index < -0.39 is 0 Å². The van der Waals surface area contributed by atoms with E-state index in [1.807, 2.05) is 24.3 Å². The van der Waals surface area contributed by atoms with Gasteiger partial charge in [0.2, 0.25) is 0 Å². The second kappa shape index (κ2) is 2.79. The number of halogens is 1. The summed E-state index contributed by atoms with van der Waals surface area (Å²) < 4.78 is 0.959. The molecular weight excluding hydrogens is 214 g/mol. The van der Waals surface area contributed by atoms with Crippen LogP contribution in [0, 0.1) is 0 Å². The Labute approximate surface area is 79.3 Å². The van der Waals surface area contributed by atoms with Crippen molar-refractivity contribution in [2.75, 3.05) is 5.73 Å². The van der Waals surface area contributed by atoms with E-state index in [2.05, 4.69) is 28.1 Å². The second-order valence-electron chi connectivity index (χ2n) is 2.72. The molecule has 0 atom stereocenters. The van der Waals surface area contributed by atoms with Crippen molar-refractivity contribution in [3.05, 3.63) is 40.9 Å². The molecule has 60 valence electrons. The number of rotatable bonds is 0. The molecule has 0 aromatic heterocycles. The van der Waals surface area contributed by atoms with Crippen LogP contribution in [0.1, 0.15) is 0 Å². The van der Waals surface area contributed by atoms with Gasteiger partial charge in [0.1, 0.15) is 0 Å². The molecule has 2 heteroatoms. The Morgan fingerprint density at radius 2 is 1.58 bits per heavy atom. The number of hydrogen-bond acceptors (Lipinski definition) is 1. The van der Waals surface area contributed by atoms with Gasteiger partial charge in [-0.2, -0.15) is 0 Å². The van der Waals surface area contributed by atoms with E-state index in [0.29, 0.717) is 0 Å². The minimum absolute atomic E-state index is 0.786. The number of nitrogen functional groups attached to an aromatic ring is 1. The quantitative estimate of drug-likeness (QED) is 0.680. The van der Waals surface area contributed by atoms with Crippen LogP contribution in [0.15, 0.2) is 40.9 Å². The Hall–Kier alpha value is -1.02. The maximum absolute atomic E-state index is 5.74. The Kier molecular flexibility index (Phi) is 1.77. The zero-order chi connectivity index (χ0) is 8.55. The molecule has 0 saturated carbocycles. The maximum atomic E-state index is 5.74. The monoisotopic (exact) mass is 221 g/mol. The van der Waals surface area contributed by atoms with Crippen molar-refractivity contribution in [3.63, 3.8) is 0 Å². The van der Waals surface area contributed by atoms with Gasteiger partial charge >= 0.3 is 0 Å². The largest absolute Gasteiger partial charge is 0.398 e. The Balaban J connectivity index is 2.84. The highest BCUT2D eigenvalue weighted by Gasteiger charge is 1.97. The van der Waals surface area contributed by atoms with Crippen LogP contribution in [0.2, 0.25) is 0 Å². The summed E-state index contributed by atoms with van der Waals surface area (Å²) in [7, 11) is 0. The molecule has 0 aliphatic rings. The summed E-state index contributed by atoms with van der Waals surface area (Å²) in [4.78, 5) is 0. The van der Waals surface area contributed by atoms with Crippen LogP contribution >= 0.6 is 15.9 Å². The van der Waals surface area contributed by atoms with E-state index >= 15 is 0 Å². The van der Waals surface area contributed by atoms with Crippen molar-refractivity contribution in [1.82, 2.24) is 0 Å². The highest BCUT2D eigenvalue weighted by Crippen LogP contribution is 2.25. The smallest absolute Gasteiger partial charge is 0.0464 e. The number of benzene rings is 2. The third-order valence-electron chi connectivity index (χ3n) is 1.87. The van der Waals surface area contributed by atoms with E-state index in [4.69, 9.17) is 5.73 Å². The molecule has 0 amide bonds. The van der Waals surface area contributed by atoms with Crippen molar-refractivity contribution >= 4 is 32.4 Å². The van der Waals surface area contributed by atoms with Crippen LogP contribution in [0.3, 0.4) is 0 Å². The third-order valence-corrected chi connectivity index (χ3v) is 2.55. The molecule has 0 unspecified atom stereocenters. The number of anilines is 1. The highest BCUT2D eigenvalue weighted by molar-refractivity contribution is 9.10. The van der Waals surface area contributed by atoms with Crippen molar-refractivity contribution in [2.24, 2.45) is 0 Å². The van der Waals surface area contributed by atoms with Crippen LogP contribution in [0.5, 0.6) is 0 Å². The Morgan fingerprint density at radius 1 is 1.00 bits per heavy atom. The van der Waals surface area contributed by atoms with Gasteiger partial charge in [0.05, 0.1) is 0 Å².